The van der Waals surface area contributed by atoms with Crippen molar-refractivity contribution in [3.8, 4) is 0 Å². The van der Waals surface area contributed by atoms with Crippen LogP contribution >= 0.6 is 27.7 Å². The topological polar surface area (TPSA) is 51.8 Å². The van der Waals surface area contributed by atoms with Crippen molar-refractivity contribution >= 4 is 33.5 Å². The van der Waals surface area contributed by atoms with Crippen molar-refractivity contribution in [2.75, 3.05) is 5.73 Å². The zero-order valence-corrected chi connectivity index (χ0v) is 10.9. The van der Waals surface area contributed by atoms with Crippen LogP contribution in [0.1, 0.15) is 31.5 Å². The summed E-state index contributed by atoms with van der Waals surface area (Å²) in [5.74, 6) is 2.25. The lowest BCUT2D eigenvalue weighted by Crippen LogP contribution is -2.01. The Morgan fingerprint density at radius 2 is 2.20 bits per heavy atom. The van der Waals surface area contributed by atoms with E-state index in [1.54, 1.807) is 6.20 Å². The van der Waals surface area contributed by atoms with Crippen LogP contribution in [0.2, 0.25) is 0 Å². The molecule has 1 aliphatic rings. The summed E-state index contributed by atoms with van der Waals surface area (Å²) in [7, 11) is 0. The number of thioether (sulfide) groups is 1. The predicted molar refractivity (Wildman–Crippen MR) is 67.7 cm³/mol. The fourth-order valence-corrected chi connectivity index (χ4v) is 3.12. The maximum Gasteiger partial charge on any atom is 0.141 e. The highest BCUT2D eigenvalue weighted by Gasteiger charge is 2.15. The summed E-state index contributed by atoms with van der Waals surface area (Å²) in [6.07, 6.45) is 7.17. The van der Waals surface area contributed by atoms with Gasteiger partial charge < -0.3 is 5.73 Å². The van der Waals surface area contributed by atoms with Crippen LogP contribution in [0.3, 0.4) is 0 Å². The maximum absolute atomic E-state index is 5.70. The molecule has 0 spiro atoms. The fourth-order valence-electron chi connectivity index (χ4n) is 1.74. The van der Waals surface area contributed by atoms with E-state index in [-0.39, 0.29) is 0 Å². The van der Waals surface area contributed by atoms with E-state index in [1.165, 1.54) is 25.7 Å². The first-order valence-corrected chi connectivity index (χ1v) is 6.98. The Bertz CT molecular complexity index is 339. The molecule has 2 N–H and O–H groups in total. The van der Waals surface area contributed by atoms with Crippen molar-refractivity contribution in [3.05, 3.63) is 16.5 Å². The zero-order valence-electron chi connectivity index (χ0n) is 8.45. The standard InChI is InChI=1S/C10H14BrN3S/c11-8-5-13-9(14-10(8)12)6-15-7-3-1-2-4-7/h5,7H,1-4,6H2,(H2,12,13,14). The lowest BCUT2D eigenvalue weighted by atomic mass is 10.4. The smallest absolute Gasteiger partial charge is 0.141 e. The molecule has 1 fully saturated rings. The number of aromatic nitrogens is 2. The molecule has 0 atom stereocenters. The molecule has 0 aliphatic heterocycles. The SMILES string of the molecule is Nc1nc(CSC2CCCC2)ncc1Br. The van der Waals surface area contributed by atoms with Gasteiger partial charge in [0.25, 0.3) is 0 Å². The van der Waals surface area contributed by atoms with Crippen LogP contribution in [-0.4, -0.2) is 15.2 Å². The van der Waals surface area contributed by atoms with Crippen LogP contribution in [0.4, 0.5) is 5.82 Å². The molecular formula is C10H14BrN3S. The largest absolute Gasteiger partial charge is 0.383 e. The number of hydrogen-bond donors (Lipinski definition) is 1. The Morgan fingerprint density at radius 1 is 1.47 bits per heavy atom. The average molecular weight is 288 g/mol. The highest BCUT2D eigenvalue weighted by atomic mass is 79.9. The molecule has 1 saturated carbocycles. The van der Waals surface area contributed by atoms with Gasteiger partial charge in [0, 0.05) is 11.4 Å². The molecule has 0 bridgehead atoms. The summed E-state index contributed by atoms with van der Waals surface area (Å²) >= 11 is 5.25. The lowest BCUT2D eigenvalue weighted by molar-refractivity contribution is 0.886. The van der Waals surface area contributed by atoms with Gasteiger partial charge in [0.1, 0.15) is 11.6 Å². The molecule has 0 aromatic carbocycles. The molecule has 1 aliphatic carbocycles. The first-order valence-electron chi connectivity index (χ1n) is 5.14. The second-order valence-electron chi connectivity index (χ2n) is 3.74. The van der Waals surface area contributed by atoms with Gasteiger partial charge in [-0.3, -0.25) is 0 Å². The molecule has 82 valence electrons. The molecular weight excluding hydrogens is 274 g/mol. The van der Waals surface area contributed by atoms with Gasteiger partial charge in [-0.2, -0.15) is 11.8 Å². The molecule has 15 heavy (non-hydrogen) atoms. The molecule has 0 unspecified atom stereocenters. The third kappa shape index (κ3) is 3.08. The Morgan fingerprint density at radius 3 is 2.87 bits per heavy atom. The van der Waals surface area contributed by atoms with Crippen molar-refractivity contribution < 1.29 is 0 Å². The van der Waals surface area contributed by atoms with Crippen LogP contribution < -0.4 is 5.73 Å². The molecule has 3 nitrogen and oxygen atoms in total. The maximum atomic E-state index is 5.70. The van der Waals surface area contributed by atoms with E-state index in [2.05, 4.69) is 25.9 Å². The van der Waals surface area contributed by atoms with Crippen molar-refractivity contribution in [2.45, 2.75) is 36.7 Å². The van der Waals surface area contributed by atoms with Crippen molar-refractivity contribution in [1.29, 1.82) is 0 Å². The van der Waals surface area contributed by atoms with Gasteiger partial charge in [0.15, 0.2) is 0 Å². The summed E-state index contributed by atoms with van der Waals surface area (Å²) in [6.45, 7) is 0. The van der Waals surface area contributed by atoms with Crippen LogP contribution in [0.25, 0.3) is 0 Å². The summed E-state index contributed by atoms with van der Waals surface area (Å²) < 4.78 is 0.775. The summed E-state index contributed by atoms with van der Waals surface area (Å²) in [5, 5.41) is 0.804. The van der Waals surface area contributed by atoms with E-state index in [0.29, 0.717) is 5.82 Å². The molecule has 0 radical (unpaired) electrons. The summed E-state index contributed by atoms with van der Waals surface area (Å²) in [6, 6.07) is 0. The second kappa shape index (κ2) is 5.16. The van der Waals surface area contributed by atoms with Crippen molar-refractivity contribution in [2.24, 2.45) is 0 Å². The van der Waals surface area contributed by atoms with Crippen LogP contribution in [0.5, 0.6) is 0 Å². The second-order valence-corrected chi connectivity index (χ2v) is 5.88. The third-order valence-corrected chi connectivity index (χ3v) is 4.55. The zero-order chi connectivity index (χ0) is 10.7. The first-order chi connectivity index (χ1) is 7.25. The predicted octanol–water partition coefficient (Wildman–Crippen LogP) is 3.00. The summed E-state index contributed by atoms with van der Waals surface area (Å²) in [5.41, 5.74) is 5.70. The van der Waals surface area contributed by atoms with Crippen LogP contribution in [-0.2, 0) is 5.75 Å². The van der Waals surface area contributed by atoms with E-state index in [9.17, 15) is 0 Å². The average Bonchev–Trinajstić information content (AvgIpc) is 2.73. The minimum atomic E-state index is 0.534. The molecule has 5 heteroatoms. The Kier molecular flexibility index (Phi) is 3.86. The number of anilines is 1. The number of nitrogens with zero attached hydrogens (tertiary/aromatic N) is 2. The molecule has 2 rings (SSSR count). The molecule has 1 heterocycles. The molecule has 1 aromatic heterocycles. The van der Waals surface area contributed by atoms with E-state index in [0.717, 1.165) is 21.3 Å². The van der Waals surface area contributed by atoms with Crippen LogP contribution in [0.15, 0.2) is 10.7 Å². The van der Waals surface area contributed by atoms with Gasteiger partial charge in [-0.25, -0.2) is 9.97 Å². The van der Waals surface area contributed by atoms with Gasteiger partial charge in [-0.15, -0.1) is 0 Å². The number of nitrogens with two attached hydrogens (primary N) is 1. The summed E-state index contributed by atoms with van der Waals surface area (Å²) in [4.78, 5) is 8.47. The number of rotatable bonds is 3. The minimum Gasteiger partial charge on any atom is -0.383 e. The monoisotopic (exact) mass is 287 g/mol. The number of nitrogen functional groups attached to an aromatic ring is 1. The van der Waals surface area contributed by atoms with Gasteiger partial charge in [-0.1, -0.05) is 12.8 Å². The normalized spacial score (nSPS) is 17.1. The van der Waals surface area contributed by atoms with E-state index in [4.69, 9.17) is 5.73 Å². The van der Waals surface area contributed by atoms with Gasteiger partial charge in [0.05, 0.1) is 10.2 Å². The van der Waals surface area contributed by atoms with Gasteiger partial charge in [0.2, 0.25) is 0 Å². The Hall–Kier alpha value is -0.290. The van der Waals surface area contributed by atoms with E-state index < -0.39 is 0 Å². The van der Waals surface area contributed by atoms with Crippen LogP contribution in [0, 0.1) is 0 Å². The first kappa shape index (κ1) is 11.2. The molecule has 0 saturated heterocycles. The highest BCUT2D eigenvalue weighted by Crippen LogP contribution is 2.31. The Labute approximate surface area is 102 Å². The highest BCUT2D eigenvalue weighted by molar-refractivity contribution is 9.10. The number of hydrogen-bond acceptors (Lipinski definition) is 4. The van der Waals surface area contributed by atoms with Crippen molar-refractivity contribution in [3.63, 3.8) is 0 Å². The van der Waals surface area contributed by atoms with Gasteiger partial charge >= 0.3 is 0 Å². The van der Waals surface area contributed by atoms with E-state index >= 15 is 0 Å². The fraction of sp³-hybridized carbons (Fsp3) is 0.600. The van der Waals surface area contributed by atoms with Crippen molar-refractivity contribution in [1.82, 2.24) is 9.97 Å². The molecule has 0 amide bonds. The van der Waals surface area contributed by atoms with E-state index in [1.807, 2.05) is 11.8 Å². The molecule has 1 aromatic rings. The minimum absolute atomic E-state index is 0.534. The van der Waals surface area contributed by atoms with Gasteiger partial charge in [-0.05, 0) is 28.8 Å². The quantitative estimate of drug-likeness (QED) is 0.929. The number of halogens is 1. The Balaban J connectivity index is 1.90. The third-order valence-electron chi connectivity index (χ3n) is 2.57. The lowest BCUT2D eigenvalue weighted by Gasteiger charge is -2.07.